The Balaban J connectivity index is 3.58. The molecule has 2 nitrogen and oxygen atoms in total. The van der Waals surface area contributed by atoms with E-state index in [-0.39, 0.29) is 4.87 Å². The van der Waals surface area contributed by atoms with E-state index in [1.165, 1.54) is 6.42 Å². The fourth-order valence-corrected chi connectivity index (χ4v) is 1.49. The minimum Gasteiger partial charge on any atom is -0.314 e. The van der Waals surface area contributed by atoms with Crippen molar-refractivity contribution in [3.63, 3.8) is 0 Å². The zero-order valence-corrected chi connectivity index (χ0v) is 11.1. The summed E-state index contributed by atoms with van der Waals surface area (Å²) in [7, 11) is 0. The molecule has 2 unspecified atom stereocenters. The second kappa shape index (κ2) is 6.70. The van der Waals surface area contributed by atoms with Crippen LogP contribution in [0.25, 0.3) is 0 Å². The van der Waals surface area contributed by atoms with Crippen LogP contribution in [0.5, 0.6) is 0 Å². The van der Waals surface area contributed by atoms with Gasteiger partial charge < -0.3 is 10.6 Å². The number of hydrogen-bond acceptors (Lipinski definition) is 3. The Morgan fingerprint density at radius 2 is 1.86 bits per heavy atom. The van der Waals surface area contributed by atoms with Gasteiger partial charge in [0, 0.05) is 6.04 Å². The molecule has 2 N–H and O–H groups in total. The van der Waals surface area contributed by atoms with Crippen molar-refractivity contribution < 1.29 is 0 Å². The van der Waals surface area contributed by atoms with E-state index in [1.54, 1.807) is 0 Å². The molecule has 0 aliphatic heterocycles. The summed E-state index contributed by atoms with van der Waals surface area (Å²) in [5.41, 5.74) is 0. The van der Waals surface area contributed by atoms with Gasteiger partial charge in [-0.25, -0.2) is 0 Å². The third-order valence-corrected chi connectivity index (χ3v) is 2.70. The maximum atomic E-state index is 4.42. The number of thiol groups is 1. The predicted molar refractivity (Wildman–Crippen MR) is 68.0 cm³/mol. The fourth-order valence-electron chi connectivity index (χ4n) is 1.38. The highest BCUT2D eigenvalue weighted by atomic mass is 32.1. The normalized spacial score (nSPS) is 16.7. The lowest BCUT2D eigenvalue weighted by Crippen LogP contribution is -2.37. The molecule has 86 valence electrons. The molecule has 0 aromatic carbocycles. The summed E-state index contributed by atoms with van der Waals surface area (Å²) >= 11 is 4.42. The third-order valence-electron chi connectivity index (χ3n) is 2.54. The van der Waals surface area contributed by atoms with Crippen LogP contribution in [0.4, 0.5) is 0 Å². The van der Waals surface area contributed by atoms with Crippen LogP contribution in [-0.2, 0) is 0 Å². The van der Waals surface area contributed by atoms with E-state index in [2.05, 4.69) is 57.9 Å². The van der Waals surface area contributed by atoms with Crippen LogP contribution in [0.15, 0.2) is 0 Å². The highest BCUT2D eigenvalue weighted by Crippen LogP contribution is 2.10. The number of rotatable bonds is 7. The topological polar surface area (TPSA) is 24.1 Å². The SMILES string of the molecule is CCNC(C)C(C)CCNC(C)(C)S. The molecular weight excluding hydrogens is 192 g/mol. The molecule has 14 heavy (non-hydrogen) atoms. The molecule has 0 saturated heterocycles. The van der Waals surface area contributed by atoms with Crippen LogP contribution in [-0.4, -0.2) is 24.0 Å². The van der Waals surface area contributed by atoms with Crippen molar-refractivity contribution in [3.05, 3.63) is 0 Å². The van der Waals surface area contributed by atoms with Gasteiger partial charge in [0.25, 0.3) is 0 Å². The highest BCUT2D eigenvalue weighted by molar-refractivity contribution is 7.81. The largest absolute Gasteiger partial charge is 0.314 e. The Morgan fingerprint density at radius 1 is 1.29 bits per heavy atom. The molecule has 0 aromatic heterocycles. The van der Waals surface area contributed by atoms with Gasteiger partial charge >= 0.3 is 0 Å². The summed E-state index contributed by atoms with van der Waals surface area (Å²) < 4.78 is 0. The van der Waals surface area contributed by atoms with Gasteiger partial charge in [-0.15, -0.1) is 0 Å². The third kappa shape index (κ3) is 7.65. The lowest BCUT2D eigenvalue weighted by Gasteiger charge is -2.24. The van der Waals surface area contributed by atoms with E-state index in [1.807, 2.05) is 0 Å². The van der Waals surface area contributed by atoms with Crippen LogP contribution in [0.1, 0.15) is 41.0 Å². The molecule has 0 rings (SSSR count). The molecule has 0 amide bonds. The Morgan fingerprint density at radius 3 is 2.29 bits per heavy atom. The fraction of sp³-hybridized carbons (Fsp3) is 1.00. The summed E-state index contributed by atoms with van der Waals surface area (Å²) in [6, 6.07) is 0.602. The van der Waals surface area contributed by atoms with Gasteiger partial charge in [-0.3, -0.25) is 0 Å². The second-order valence-corrected chi connectivity index (χ2v) is 5.72. The van der Waals surface area contributed by atoms with Crippen LogP contribution in [0, 0.1) is 5.92 Å². The molecule has 0 aliphatic rings. The van der Waals surface area contributed by atoms with Crippen LogP contribution < -0.4 is 10.6 Å². The zero-order chi connectivity index (χ0) is 11.2. The molecule has 0 spiro atoms. The average molecular weight is 218 g/mol. The van der Waals surface area contributed by atoms with Gasteiger partial charge in [0.1, 0.15) is 0 Å². The lowest BCUT2D eigenvalue weighted by molar-refractivity contribution is 0.369. The number of hydrogen-bond donors (Lipinski definition) is 3. The summed E-state index contributed by atoms with van der Waals surface area (Å²) in [6.07, 6.45) is 1.19. The summed E-state index contributed by atoms with van der Waals surface area (Å²) in [6.45, 7) is 12.9. The monoisotopic (exact) mass is 218 g/mol. The second-order valence-electron chi connectivity index (χ2n) is 4.60. The van der Waals surface area contributed by atoms with Gasteiger partial charge in [0.05, 0.1) is 4.87 Å². The summed E-state index contributed by atoms with van der Waals surface area (Å²) in [5, 5.41) is 6.83. The van der Waals surface area contributed by atoms with Crippen molar-refractivity contribution in [2.45, 2.75) is 52.0 Å². The minimum absolute atomic E-state index is 0.0544. The van der Waals surface area contributed by atoms with Crippen molar-refractivity contribution in [2.75, 3.05) is 13.1 Å². The Labute approximate surface area is 94.6 Å². The van der Waals surface area contributed by atoms with Gasteiger partial charge in [-0.2, -0.15) is 12.6 Å². The first kappa shape index (κ1) is 14.3. The Hall–Kier alpha value is 0.270. The molecule has 0 heterocycles. The van der Waals surface area contributed by atoms with Gasteiger partial charge in [0.2, 0.25) is 0 Å². The van der Waals surface area contributed by atoms with Crippen LogP contribution in [0.3, 0.4) is 0 Å². The predicted octanol–water partition coefficient (Wildman–Crippen LogP) is 2.27. The average Bonchev–Trinajstić information content (AvgIpc) is 2.02. The molecular formula is C11H26N2S. The highest BCUT2D eigenvalue weighted by Gasteiger charge is 2.13. The first-order valence-corrected chi connectivity index (χ1v) is 6.02. The maximum absolute atomic E-state index is 4.42. The van der Waals surface area contributed by atoms with Crippen LogP contribution in [0.2, 0.25) is 0 Å². The van der Waals surface area contributed by atoms with Crippen LogP contribution >= 0.6 is 12.6 Å². The smallest absolute Gasteiger partial charge is 0.0558 e. The quantitative estimate of drug-likeness (QED) is 0.451. The van der Waals surface area contributed by atoms with E-state index in [0.29, 0.717) is 12.0 Å². The first-order chi connectivity index (χ1) is 6.37. The molecule has 0 bridgehead atoms. The Bertz CT molecular complexity index is 143. The first-order valence-electron chi connectivity index (χ1n) is 5.57. The van der Waals surface area contributed by atoms with Crippen molar-refractivity contribution in [1.29, 1.82) is 0 Å². The molecule has 0 radical (unpaired) electrons. The zero-order valence-electron chi connectivity index (χ0n) is 10.2. The maximum Gasteiger partial charge on any atom is 0.0558 e. The molecule has 2 atom stereocenters. The minimum atomic E-state index is -0.0544. The molecule has 3 heteroatoms. The standard InChI is InChI=1S/C11H26N2S/c1-6-12-10(3)9(2)7-8-13-11(4,5)14/h9-10,12-14H,6-8H2,1-5H3. The van der Waals surface area contributed by atoms with Gasteiger partial charge in [-0.1, -0.05) is 13.8 Å². The van der Waals surface area contributed by atoms with E-state index in [4.69, 9.17) is 0 Å². The summed E-state index contributed by atoms with van der Waals surface area (Å²) in [5.74, 6) is 0.707. The molecule has 0 aromatic rings. The Kier molecular flexibility index (Phi) is 6.83. The van der Waals surface area contributed by atoms with E-state index in [9.17, 15) is 0 Å². The van der Waals surface area contributed by atoms with Crippen molar-refractivity contribution >= 4 is 12.6 Å². The van der Waals surface area contributed by atoms with Gasteiger partial charge in [-0.05, 0) is 46.2 Å². The molecule has 0 aliphatic carbocycles. The summed E-state index contributed by atoms with van der Waals surface area (Å²) in [4.78, 5) is -0.0544. The van der Waals surface area contributed by atoms with Crippen molar-refractivity contribution in [2.24, 2.45) is 5.92 Å². The van der Waals surface area contributed by atoms with E-state index in [0.717, 1.165) is 13.1 Å². The van der Waals surface area contributed by atoms with Crippen molar-refractivity contribution in [3.8, 4) is 0 Å². The van der Waals surface area contributed by atoms with E-state index >= 15 is 0 Å². The number of nitrogens with one attached hydrogen (secondary N) is 2. The van der Waals surface area contributed by atoms with E-state index < -0.39 is 0 Å². The van der Waals surface area contributed by atoms with Crippen molar-refractivity contribution in [1.82, 2.24) is 10.6 Å². The lowest BCUT2D eigenvalue weighted by atomic mass is 10.00. The molecule has 0 fully saturated rings. The molecule has 0 saturated carbocycles. The van der Waals surface area contributed by atoms with Gasteiger partial charge in [0.15, 0.2) is 0 Å².